The summed E-state index contributed by atoms with van der Waals surface area (Å²) >= 11 is 1.65. The molecule has 0 saturated carbocycles. The second-order valence-electron chi connectivity index (χ2n) is 6.40. The summed E-state index contributed by atoms with van der Waals surface area (Å²) in [7, 11) is 0. The second-order valence-corrected chi connectivity index (χ2v) is 7.57. The van der Waals surface area contributed by atoms with Crippen LogP contribution in [0.5, 0.6) is 0 Å². The second kappa shape index (κ2) is 11.1. The molecule has 1 N–H and O–H groups in total. The number of carbonyl (C=O) groups excluding carboxylic acids is 2. The number of amides is 1. The van der Waals surface area contributed by atoms with Crippen molar-refractivity contribution >= 4 is 23.6 Å². The highest BCUT2D eigenvalue weighted by Gasteiger charge is 2.13. The number of pyridine rings is 1. The minimum Gasteiger partial charge on any atom is -0.456 e. The van der Waals surface area contributed by atoms with Gasteiger partial charge >= 0.3 is 5.97 Å². The van der Waals surface area contributed by atoms with Gasteiger partial charge in [0.1, 0.15) is 5.69 Å². The lowest BCUT2D eigenvalue weighted by atomic mass is 10.2. The summed E-state index contributed by atoms with van der Waals surface area (Å²) in [6.07, 6.45) is 1.91. The van der Waals surface area contributed by atoms with Crippen molar-refractivity contribution in [3.8, 4) is 11.5 Å². The molecule has 156 valence electrons. The summed E-state index contributed by atoms with van der Waals surface area (Å²) in [5.41, 5.74) is 1.80. The highest BCUT2D eigenvalue weighted by Crippen LogP contribution is 2.17. The molecule has 0 saturated heterocycles. The van der Waals surface area contributed by atoms with Crippen molar-refractivity contribution in [3.63, 3.8) is 0 Å². The van der Waals surface area contributed by atoms with Crippen LogP contribution in [0.3, 0.4) is 0 Å². The molecule has 0 aliphatic rings. The molecule has 9 heteroatoms. The summed E-state index contributed by atoms with van der Waals surface area (Å²) < 4.78 is 10.1. The average Bonchev–Trinajstić information content (AvgIpc) is 3.25. The number of aromatic nitrogens is 3. The van der Waals surface area contributed by atoms with E-state index in [0.29, 0.717) is 24.0 Å². The maximum atomic E-state index is 11.8. The van der Waals surface area contributed by atoms with Crippen LogP contribution in [0.4, 0.5) is 0 Å². The molecular weight excluding hydrogens is 404 g/mol. The first-order chi connectivity index (χ1) is 14.6. The van der Waals surface area contributed by atoms with Gasteiger partial charge in [-0.3, -0.25) is 14.6 Å². The van der Waals surface area contributed by atoms with E-state index in [1.807, 2.05) is 37.3 Å². The quantitative estimate of drug-likeness (QED) is 0.300. The van der Waals surface area contributed by atoms with E-state index in [9.17, 15) is 9.59 Å². The summed E-state index contributed by atoms with van der Waals surface area (Å²) in [4.78, 5) is 33.1. The highest BCUT2D eigenvalue weighted by molar-refractivity contribution is 7.99. The van der Waals surface area contributed by atoms with Crippen molar-refractivity contribution in [2.75, 3.05) is 18.9 Å². The van der Waals surface area contributed by atoms with Gasteiger partial charge in [-0.1, -0.05) is 28.9 Å². The Morgan fingerprint density at radius 1 is 1.17 bits per heavy atom. The van der Waals surface area contributed by atoms with E-state index in [1.54, 1.807) is 30.1 Å². The Morgan fingerprint density at radius 3 is 2.77 bits per heavy atom. The normalized spacial score (nSPS) is 10.6. The molecule has 30 heavy (non-hydrogen) atoms. The molecule has 3 rings (SSSR count). The molecule has 2 aromatic heterocycles. The fourth-order valence-electron chi connectivity index (χ4n) is 2.43. The van der Waals surface area contributed by atoms with Gasteiger partial charge in [0.15, 0.2) is 6.61 Å². The van der Waals surface area contributed by atoms with Crippen molar-refractivity contribution in [3.05, 3.63) is 60.1 Å². The molecule has 1 amide bonds. The lowest BCUT2D eigenvalue weighted by molar-refractivity contribution is -0.148. The zero-order valence-corrected chi connectivity index (χ0v) is 17.4. The number of aryl methyl sites for hydroxylation is 2. The predicted molar refractivity (Wildman–Crippen MR) is 112 cm³/mol. The van der Waals surface area contributed by atoms with Crippen LogP contribution >= 0.6 is 11.8 Å². The third kappa shape index (κ3) is 7.00. The van der Waals surface area contributed by atoms with Gasteiger partial charge in [0.25, 0.3) is 5.91 Å². The van der Waals surface area contributed by atoms with Crippen LogP contribution in [0.2, 0.25) is 0 Å². The first-order valence-electron chi connectivity index (χ1n) is 9.46. The van der Waals surface area contributed by atoms with Crippen LogP contribution in [0.15, 0.2) is 58.1 Å². The Labute approximate surface area is 178 Å². The molecule has 0 radical (unpaired) electrons. The van der Waals surface area contributed by atoms with E-state index in [-0.39, 0.29) is 25.4 Å². The zero-order chi connectivity index (χ0) is 21.2. The maximum absolute atomic E-state index is 11.8. The SMILES string of the molecule is Cc1ccc(SCCNC(=O)COC(=O)CCc2nc(-c3ccccn3)no2)cc1. The van der Waals surface area contributed by atoms with Crippen molar-refractivity contribution in [2.45, 2.75) is 24.7 Å². The molecule has 0 fully saturated rings. The molecule has 2 heterocycles. The summed E-state index contributed by atoms with van der Waals surface area (Å²) in [6.45, 7) is 2.22. The molecular formula is C21H22N4O4S. The number of rotatable bonds is 10. The van der Waals surface area contributed by atoms with Gasteiger partial charge in [-0.05, 0) is 31.2 Å². The lowest BCUT2D eigenvalue weighted by Gasteiger charge is -2.06. The van der Waals surface area contributed by atoms with E-state index in [0.717, 1.165) is 10.6 Å². The first-order valence-corrected chi connectivity index (χ1v) is 10.4. The number of nitrogens with one attached hydrogen (secondary N) is 1. The molecule has 0 bridgehead atoms. The summed E-state index contributed by atoms with van der Waals surface area (Å²) in [5.74, 6) is 0.574. The van der Waals surface area contributed by atoms with Crippen LogP contribution < -0.4 is 5.32 Å². The number of hydrogen-bond acceptors (Lipinski definition) is 8. The van der Waals surface area contributed by atoms with Gasteiger partial charge in [-0.15, -0.1) is 11.8 Å². The monoisotopic (exact) mass is 426 g/mol. The van der Waals surface area contributed by atoms with Crippen LogP contribution in [0.1, 0.15) is 17.9 Å². The average molecular weight is 426 g/mol. The molecule has 0 atom stereocenters. The number of carbonyl (C=O) groups is 2. The largest absolute Gasteiger partial charge is 0.456 e. The minimum absolute atomic E-state index is 0.0421. The number of nitrogens with zero attached hydrogens (tertiary/aromatic N) is 3. The lowest BCUT2D eigenvalue weighted by Crippen LogP contribution is -2.30. The van der Waals surface area contributed by atoms with Gasteiger partial charge < -0.3 is 14.6 Å². The van der Waals surface area contributed by atoms with Crippen LogP contribution in [0, 0.1) is 6.92 Å². The van der Waals surface area contributed by atoms with E-state index < -0.39 is 5.97 Å². The Hall–Kier alpha value is -3.20. The van der Waals surface area contributed by atoms with Crippen LogP contribution in [-0.2, 0) is 20.7 Å². The van der Waals surface area contributed by atoms with Gasteiger partial charge in [-0.2, -0.15) is 4.98 Å². The third-order valence-corrected chi connectivity index (χ3v) is 5.00. The molecule has 0 spiro atoms. The molecule has 0 unspecified atom stereocenters. The summed E-state index contributed by atoms with van der Waals surface area (Å²) in [5, 5.41) is 6.57. The van der Waals surface area contributed by atoms with Gasteiger partial charge in [-0.25, -0.2) is 0 Å². The van der Waals surface area contributed by atoms with E-state index in [2.05, 4.69) is 20.4 Å². The van der Waals surface area contributed by atoms with E-state index >= 15 is 0 Å². The van der Waals surface area contributed by atoms with E-state index in [4.69, 9.17) is 9.26 Å². The summed E-state index contributed by atoms with van der Waals surface area (Å²) in [6, 6.07) is 13.6. The number of ether oxygens (including phenoxy) is 1. The Bertz CT molecular complexity index is 961. The number of esters is 1. The number of benzene rings is 1. The minimum atomic E-state index is -0.503. The Morgan fingerprint density at radius 2 is 2.00 bits per heavy atom. The Balaban J connectivity index is 1.29. The van der Waals surface area contributed by atoms with Gasteiger partial charge in [0, 0.05) is 29.8 Å². The van der Waals surface area contributed by atoms with Crippen LogP contribution in [0.25, 0.3) is 11.5 Å². The van der Waals surface area contributed by atoms with Crippen LogP contribution in [-0.4, -0.2) is 45.9 Å². The van der Waals surface area contributed by atoms with Crippen molar-refractivity contribution in [1.82, 2.24) is 20.4 Å². The van der Waals surface area contributed by atoms with E-state index in [1.165, 1.54) is 5.56 Å². The topological polar surface area (TPSA) is 107 Å². The fourth-order valence-corrected chi connectivity index (χ4v) is 3.20. The van der Waals surface area contributed by atoms with Gasteiger partial charge in [0.05, 0.1) is 6.42 Å². The fraction of sp³-hybridized carbons (Fsp3) is 0.286. The first kappa shape index (κ1) is 21.5. The third-order valence-electron chi connectivity index (χ3n) is 3.98. The van der Waals surface area contributed by atoms with Crippen molar-refractivity contribution in [2.24, 2.45) is 0 Å². The number of hydrogen-bond donors (Lipinski definition) is 1. The van der Waals surface area contributed by atoms with Crippen molar-refractivity contribution < 1.29 is 18.8 Å². The van der Waals surface area contributed by atoms with Gasteiger partial charge in [0.2, 0.25) is 11.7 Å². The van der Waals surface area contributed by atoms with Crippen molar-refractivity contribution in [1.29, 1.82) is 0 Å². The highest BCUT2D eigenvalue weighted by atomic mass is 32.2. The molecule has 8 nitrogen and oxygen atoms in total. The molecule has 0 aliphatic heterocycles. The number of thioether (sulfide) groups is 1. The molecule has 3 aromatic rings. The predicted octanol–water partition coefficient (Wildman–Crippen LogP) is 2.82. The Kier molecular flexibility index (Phi) is 7.96. The smallest absolute Gasteiger partial charge is 0.306 e. The maximum Gasteiger partial charge on any atom is 0.306 e. The standard InChI is InChI=1S/C21H22N4O4S/c1-15-5-7-16(8-6-15)30-13-12-23-18(26)14-28-20(27)10-9-19-24-21(25-29-19)17-4-2-3-11-22-17/h2-8,11H,9-10,12-14H2,1H3,(H,23,26). The molecule has 0 aliphatic carbocycles. The zero-order valence-electron chi connectivity index (χ0n) is 16.5. The molecule has 1 aromatic carbocycles.